The third-order valence-electron chi connectivity index (χ3n) is 4.98. The van der Waals surface area contributed by atoms with Crippen LogP contribution in [-0.4, -0.2) is 0 Å². The van der Waals surface area contributed by atoms with Crippen molar-refractivity contribution in [1.82, 2.24) is 0 Å². The minimum Gasteiger partial charge on any atom is -0.0625 e. The molecule has 3 saturated carbocycles. The summed E-state index contributed by atoms with van der Waals surface area (Å²) in [6, 6.07) is 0. The average Bonchev–Trinajstić information content (AvgIpc) is 2.18. The predicted molar refractivity (Wildman–Crippen MR) is 62.1 cm³/mol. The zero-order valence-electron chi connectivity index (χ0n) is 10.3. The molecule has 0 nitrogen and oxygen atoms in total. The highest BCUT2D eigenvalue weighted by atomic mass is 14.5. The third-order valence-corrected chi connectivity index (χ3v) is 4.98. The van der Waals surface area contributed by atoms with Crippen LogP contribution >= 0.6 is 0 Å². The number of fused-ring (bicyclic) bond motifs is 3. The number of rotatable bonds is 2. The van der Waals surface area contributed by atoms with Gasteiger partial charge in [0.2, 0.25) is 0 Å². The van der Waals surface area contributed by atoms with Gasteiger partial charge in [-0.2, -0.15) is 0 Å². The van der Waals surface area contributed by atoms with Crippen LogP contribution in [0.1, 0.15) is 53.4 Å². The maximum atomic E-state index is 2.43. The zero-order valence-corrected chi connectivity index (χ0v) is 10.3. The van der Waals surface area contributed by atoms with Gasteiger partial charge in [-0.3, -0.25) is 0 Å². The Labute approximate surface area is 89.5 Å². The summed E-state index contributed by atoms with van der Waals surface area (Å²) in [5.74, 6) is 6.12. The van der Waals surface area contributed by atoms with Crippen LogP contribution in [0.4, 0.5) is 0 Å². The van der Waals surface area contributed by atoms with Gasteiger partial charge < -0.3 is 0 Å². The van der Waals surface area contributed by atoms with Gasteiger partial charge in [0.1, 0.15) is 0 Å². The van der Waals surface area contributed by atoms with Gasteiger partial charge in [0.15, 0.2) is 0 Å². The van der Waals surface area contributed by atoms with Crippen molar-refractivity contribution in [2.45, 2.75) is 53.4 Å². The molecule has 0 aliphatic heterocycles. The second-order valence-electron chi connectivity index (χ2n) is 6.38. The Morgan fingerprint density at radius 2 is 1.07 bits per heavy atom. The fourth-order valence-electron chi connectivity index (χ4n) is 4.16. The van der Waals surface area contributed by atoms with Crippen LogP contribution in [0, 0.1) is 35.5 Å². The largest absolute Gasteiger partial charge is 0.0625 e. The van der Waals surface area contributed by atoms with Crippen LogP contribution in [0.15, 0.2) is 0 Å². The maximum absolute atomic E-state index is 2.43. The Morgan fingerprint density at radius 1 is 0.714 bits per heavy atom. The molecule has 0 heteroatoms. The van der Waals surface area contributed by atoms with E-state index < -0.39 is 0 Å². The van der Waals surface area contributed by atoms with E-state index in [2.05, 4.69) is 27.7 Å². The van der Waals surface area contributed by atoms with Crippen LogP contribution in [-0.2, 0) is 0 Å². The topological polar surface area (TPSA) is 0 Å². The first-order valence-electron chi connectivity index (χ1n) is 6.59. The van der Waals surface area contributed by atoms with E-state index in [9.17, 15) is 0 Å². The monoisotopic (exact) mass is 194 g/mol. The molecule has 3 aliphatic rings. The molecule has 4 unspecified atom stereocenters. The predicted octanol–water partition coefficient (Wildman–Crippen LogP) is 4.35. The van der Waals surface area contributed by atoms with Gasteiger partial charge in [0, 0.05) is 0 Å². The molecule has 0 aromatic heterocycles. The molecule has 3 fully saturated rings. The van der Waals surface area contributed by atoms with Crippen molar-refractivity contribution >= 4 is 0 Å². The summed E-state index contributed by atoms with van der Waals surface area (Å²) in [6.07, 6.45) is 6.17. The van der Waals surface area contributed by atoms with Gasteiger partial charge in [-0.1, -0.05) is 27.7 Å². The Morgan fingerprint density at radius 3 is 1.29 bits per heavy atom. The highest BCUT2D eigenvalue weighted by Gasteiger charge is 2.43. The first-order valence-corrected chi connectivity index (χ1v) is 6.59. The smallest absolute Gasteiger partial charge is 0.0360 e. The molecular weight excluding hydrogens is 168 g/mol. The van der Waals surface area contributed by atoms with Crippen molar-refractivity contribution in [1.29, 1.82) is 0 Å². The van der Waals surface area contributed by atoms with E-state index in [1.54, 1.807) is 12.8 Å². The van der Waals surface area contributed by atoms with E-state index in [0.717, 1.165) is 35.5 Å². The molecule has 0 spiro atoms. The normalized spacial score (nSPS) is 42.4. The third kappa shape index (κ3) is 1.73. The molecule has 14 heavy (non-hydrogen) atoms. The molecule has 0 aromatic carbocycles. The molecular formula is C14H26. The number of hydrogen-bond acceptors (Lipinski definition) is 0. The zero-order chi connectivity index (χ0) is 10.3. The van der Waals surface area contributed by atoms with E-state index in [1.807, 2.05) is 0 Å². The van der Waals surface area contributed by atoms with E-state index >= 15 is 0 Å². The standard InChI is InChI=1S/C14H26/c1-9(2)13-7-12-6-5-11(13)8-14(12)10(3)4/h9-14H,5-8H2,1-4H3. The number of hydrogen-bond donors (Lipinski definition) is 0. The lowest BCUT2D eigenvalue weighted by Crippen LogP contribution is -2.41. The first-order chi connectivity index (χ1) is 6.59. The summed E-state index contributed by atoms with van der Waals surface area (Å²) < 4.78 is 0. The molecule has 0 radical (unpaired) electrons. The Kier molecular flexibility index (Phi) is 2.91. The van der Waals surface area contributed by atoms with Crippen LogP contribution in [0.5, 0.6) is 0 Å². The minimum atomic E-state index is 0.927. The highest BCUT2D eigenvalue weighted by Crippen LogP contribution is 2.52. The van der Waals surface area contributed by atoms with Crippen molar-refractivity contribution in [3.05, 3.63) is 0 Å². The fourth-order valence-corrected chi connectivity index (χ4v) is 4.16. The van der Waals surface area contributed by atoms with Crippen molar-refractivity contribution in [2.75, 3.05) is 0 Å². The Balaban J connectivity index is 2.05. The van der Waals surface area contributed by atoms with Crippen LogP contribution < -0.4 is 0 Å². The quantitative estimate of drug-likeness (QED) is 0.613. The van der Waals surface area contributed by atoms with Gasteiger partial charge >= 0.3 is 0 Å². The summed E-state index contributed by atoms with van der Waals surface area (Å²) >= 11 is 0. The van der Waals surface area contributed by atoms with E-state index in [-0.39, 0.29) is 0 Å². The van der Waals surface area contributed by atoms with Gasteiger partial charge in [-0.05, 0) is 61.2 Å². The summed E-state index contributed by atoms with van der Waals surface area (Å²) in [4.78, 5) is 0. The summed E-state index contributed by atoms with van der Waals surface area (Å²) in [7, 11) is 0. The van der Waals surface area contributed by atoms with Crippen molar-refractivity contribution in [3.8, 4) is 0 Å². The molecule has 4 atom stereocenters. The maximum Gasteiger partial charge on any atom is -0.0360 e. The molecule has 0 N–H and O–H groups in total. The van der Waals surface area contributed by atoms with Gasteiger partial charge in [0.25, 0.3) is 0 Å². The van der Waals surface area contributed by atoms with E-state index in [1.165, 1.54) is 12.8 Å². The Bertz CT molecular complexity index is 170. The second kappa shape index (κ2) is 3.87. The molecule has 3 rings (SSSR count). The Hall–Kier alpha value is 0. The average molecular weight is 194 g/mol. The lowest BCUT2D eigenvalue weighted by molar-refractivity contribution is -0.00132. The molecule has 2 bridgehead atoms. The SMILES string of the molecule is CC(C)C1CC2CCC1CC2C(C)C. The summed E-state index contributed by atoms with van der Waals surface area (Å²) in [5.41, 5.74) is 0. The minimum absolute atomic E-state index is 0.927. The van der Waals surface area contributed by atoms with Gasteiger partial charge in [-0.15, -0.1) is 0 Å². The van der Waals surface area contributed by atoms with Crippen molar-refractivity contribution < 1.29 is 0 Å². The molecule has 0 amide bonds. The molecule has 0 aromatic rings. The van der Waals surface area contributed by atoms with E-state index in [4.69, 9.17) is 0 Å². The van der Waals surface area contributed by atoms with Gasteiger partial charge in [-0.25, -0.2) is 0 Å². The fraction of sp³-hybridized carbons (Fsp3) is 1.00. The van der Waals surface area contributed by atoms with Crippen molar-refractivity contribution in [3.63, 3.8) is 0 Å². The highest BCUT2D eigenvalue weighted by molar-refractivity contribution is 4.93. The summed E-state index contributed by atoms with van der Waals surface area (Å²) in [5, 5.41) is 0. The molecule has 0 saturated heterocycles. The second-order valence-corrected chi connectivity index (χ2v) is 6.38. The molecule has 3 aliphatic carbocycles. The van der Waals surface area contributed by atoms with Crippen LogP contribution in [0.3, 0.4) is 0 Å². The van der Waals surface area contributed by atoms with Crippen LogP contribution in [0.2, 0.25) is 0 Å². The van der Waals surface area contributed by atoms with E-state index in [0.29, 0.717) is 0 Å². The molecule has 82 valence electrons. The van der Waals surface area contributed by atoms with Crippen molar-refractivity contribution in [2.24, 2.45) is 35.5 Å². The lowest BCUT2D eigenvalue weighted by atomic mass is 9.55. The van der Waals surface area contributed by atoms with Crippen LogP contribution in [0.25, 0.3) is 0 Å². The first kappa shape index (κ1) is 10.5. The van der Waals surface area contributed by atoms with Gasteiger partial charge in [0.05, 0.1) is 0 Å². The summed E-state index contributed by atoms with van der Waals surface area (Å²) in [6.45, 7) is 9.71. The molecule has 0 heterocycles. The lowest BCUT2D eigenvalue weighted by Gasteiger charge is -2.50.